The molecular formula is C20H26N2O3. The first kappa shape index (κ1) is 17.5. The zero-order valence-electron chi connectivity index (χ0n) is 14.6. The normalized spacial score (nSPS) is 18.3. The maximum atomic E-state index is 12.1. The predicted molar refractivity (Wildman–Crippen MR) is 98.8 cm³/mol. The van der Waals surface area contributed by atoms with Crippen LogP contribution in [0.15, 0.2) is 42.5 Å². The fourth-order valence-electron chi connectivity index (χ4n) is 3.19. The van der Waals surface area contributed by atoms with Crippen molar-refractivity contribution in [3.05, 3.63) is 42.5 Å². The smallest absolute Gasteiger partial charge is 0.317 e. The number of hydrogen-bond donors (Lipinski definition) is 2. The van der Waals surface area contributed by atoms with E-state index in [0.29, 0.717) is 19.7 Å². The van der Waals surface area contributed by atoms with Crippen LogP contribution in [0.25, 0.3) is 10.8 Å². The number of nitrogens with one attached hydrogen (secondary N) is 1. The summed E-state index contributed by atoms with van der Waals surface area (Å²) in [5.74, 6) is 1.05. The van der Waals surface area contributed by atoms with Crippen molar-refractivity contribution in [2.75, 3.05) is 26.2 Å². The number of likely N-dealkylation sites (tertiary alicyclic amines) is 1. The van der Waals surface area contributed by atoms with Crippen LogP contribution in [-0.2, 0) is 0 Å². The zero-order valence-corrected chi connectivity index (χ0v) is 14.6. The molecule has 0 unspecified atom stereocenters. The highest BCUT2D eigenvalue weighted by Crippen LogP contribution is 2.21. The number of amides is 2. The Morgan fingerprint density at radius 3 is 2.88 bits per heavy atom. The number of urea groups is 1. The number of benzene rings is 2. The number of carbonyl (C=O) groups excluding carboxylic acids is 1. The summed E-state index contributed by atoms with van der Waals surface area (Å²) in [6.07, 6.45) is 1.27. The lowest BCUT2D eigenvalue weighted by molar-refractivity contribution is 0.129. The van der Waals surface area contributed by atoms with E-state index in [1.54, 1.807) is 11.8 Å². The fourth-order valence-corrected chi connectivity index (χ4v) is 3.19. The van der Waals surface area contributed by atoms with Gasteiger partial charge in [0.15, 0.2) is 0 Å². The van der Waals surface area contributed by atoms with Crippen molar-refractivity contribution < 1.29 is 14.6 Å². The van der Waals surface area contributed by atoms with Gasteiger partial charge in [-0.25, -0.2) is 4.79 Å². The quantitative estimate of drug-likeness (QED) is 0.793. The minimum Gasteiger partial charge on any atom is -0.494 e. The second-order valence-corrected chi connectivity index (χ2v) is 6.68. The molecule has 5 heteroatoms. The molecular weight excluding hydrogens is 316 g/mol. The van der Waals surface area contributed by atoms with Gasteiger partial charge < -0.3 is 20.1 Å². The summed E-state index contributed by atoms with van der Waals surface area (Å²) in [5, 5.41) is 14.9. The van der Waals surface area contributed by atoms with Crippen molar-refractivity contribution in [1.82, 2.24) is 10.2 Å². The monoisotopic (exact) mass is 342 g/mol. The number of carbonyl (C=O) groups is 1. The maximum Gasteiger partial charge on any atom is 0.317 e. The summed E-state index contributed by atoms with van der Waals surface area (Å²) < 4.78 is 5.77. The first-order valence-electron chi connectivity index (χ1n) is 8.96. The van der Waals surface area contributed by atoms with Crippen LogP contribution in [0.5, 0.6) is 5.75 Å². The van der Waals surface area contributed by atoms with Crippen molar-refractivity contribution in [3.8, 4) is 5.75 Å². The molecule has 0 aromatic heterocycles. The van der Waals surface area contributed by atoms with Gasteiger partial charge in [-0.2, -0.15) is 0 Å². The van der Waals surface area contributed by atoms with Gasteiger partial charge in [-0.05, 0) is 42.7 Å². The highest BCUT2D eigenvalue weighted by atomic mass is 16.5. The molecule has 1 fully saturated rings. The van der Waals surface area contributed by atoms with Gasteiger partial charge in [-0.1, -0.05) is 30.3 Å². The van der Waals surface area contributed by atoms with E-state index in [9.17, 15) is 9.90 Å². The van der Waals surface area contributed by atoms with Crippen molar-refractivity contribution in [3.63, 3.8) is 0 Å². The summed E-state index contributed by atoms with van der Waals surface area (Å²) in [6.45, 7) is 4.29. The Morgan fingerprint density at radius 2 is 2.12 bits per heavy atom. The third kappa shape index (κ3) is 4.63. The summed E-state index contributed by atoms with van der Waals surface area (Å²) in [6, 6.07) is 14.2. The maximum absolute atomic E-state index is 12.1. The molecule has 1 aliphatic heterocycles. The Kier molecular flexibility index (Phi) is 5.76. The number of fused-ring (bicyclic) bond motifs is 1. The number of aliphatic hydroxyl groups excluding tert-OH is 1. The summed E-state index contributed by atoms with van der Waals surface area (Å²) >= 11 is 0. The van der Waals surface area contributed by atoms with Gasteiger partial charge in [0.1, 0.15) is 5.75 Å². The largest absolute Gasteiger partial charge is 0.494 e. The Bertz CT molecular complexity index is 717. The van der Waals surface area contributed by atoms with Gasteiger partial charge in [-0.3, -0.25) is 0 Å². The number of nitrogens with zero attached hydrogens (tertiary/aromatic N) is 1. The molecule has 0 radical (unpaired) electrons. The SMILES string of the molecule is C[C@@H](O)[C@H]1CCN(C(=O)NCCCOc2ccc3ccccc3c2)C1. The van der Waals surface area contributed by atoms with Crippen LogP contribution in [0, 0.1) is 5.92 Å². The molecule has 0 aliphatic carbocycles. The van der Waals surface area contributed by atoms with Gasteiger partial charge in [0.05, 0.1) is 12.7 Å². The first-order chi connectivity index (χ1) is 12.1. The van der Waals surface area contributed by atoms with Crippen LogP contribution in [0.4, 0.5) is 4.79 Å². The van der Waals surface area contributed by atoms with Crippen LogP contribution in [-0.4, -0.2) is 48.4 Å². The summed E-state index contributed by atoms with van der Waals surface area (Å²) in [4.78, 5) is 13.9. The molecule has 2 N–H and O–H groups in total. The lowest BCUT2D eigenvalue weighted by atomic mass is 10.0. The highest BCUT2D eigenvalue weighted by Gasteiger charge is 2.28. The van der Waals surface area contributed by atoms with E-state index < -0.39 is 0 Å². The van der Waals surface area contributed by atoms with Gasteiger partial charge in [0.2, 0.25) is 0 Å². The van der Waals surface area contributed by atoms with Crippen LogP contribution >= 0.6 is 0 Å². The van der Waals surface area contributed by atoms with Crippen molar-refractivity contribution in [2.24, 2.45) is 5.92 Å². The average Bonchev–Trinajstić information content (AvgIpc) is 3.12. The predicted octanol–water partition coefficient (Wildman–Crippen LogP) is 3.02. The Labute approximate surface area is 148 Å². The molecule has 1 saturated heterocycles. The van der Waals surface area contributed by atoms with E-state index in [1.807, 2.05) is 24.3 Å². The number of rotatable bonds is 6. The van der Waals surface area contributed by atoms with Gasteiger partial charge in [-0.15, -0.1) is 0 Å². The van der Waals surface area contributed by atoms with Crippen molar-refractivity contribution >= 4 is 16.8 Å². The number of aliphatic hydroxyl groups is 1. The number of hydrogen-bond acceptors (Lipinski definition) is 3. The van der Waals surface area contributed by atoms with E-state index >= 15 is 0 Å². The molecule has 25 heavy (non-hydrogen) atoms. The third-order valence-electron chi connectivity index (χ3n) is 4.78. The minimum absolute atomic E-state index is 0.0474. The molecule has 2 atom stereocenters. The number of ether oxygens (including phenoxy) is 1. The van der Waals surface area contributed by atoms with Crippen LogP contribution < -0.4 is 10.1 Å². The zero-order chi connectivity index (χ0) is 17.6. The minimum atomic E-state index is -0.354. The summed E-state index contributed by atoms with van der Waals surface area (Å²) in [7, 11) is 0. The highest BCUT2D eigenvalue weighted by molar-refractivity contribution is 5.83. The van der Waals surface area contributed by atoms with Gasteiger partial charge >= 0.3 is 6.03 Å². The van der Waals surface area contributed by atoms with Crippen molar-refractivity contribution in [1.29, 1.82) is 0 Å². The van der Waals surface area contributed by atoms with E-state index in [0.717, 1.165) is 30.5 Å². The van der Waals surface area contributed by atoms with Crippen LogP contribution in [0.3, 0.4) is 0 Å². The standard InChI is InChI=1S/C20H26N2O3/c1-15(23)18-9-11-22(14-18)20(24)21-10-4-12-25-19-8-7-16-5-2-3-6-17(16)13-19/h2-3,5-8,13,15,18,23H,4,9-12,14H2,1H3,(H,21,24)/t15-,18+/m1/s1. The lowest BCUT2D eigenvalue weighted by Gasteiger charge is -2.18. The van der Waals surface area contributed by atoms with Gasteiger partial charge in [0.25, 0.3) is 0 Å². The molecule has 1 heterocycles. The van der Waals surface area contributed by atoms with Crippen molar-refractivity contribution in [2.45, 2.75) is 25.9 Å². The van der Waals surface area contributed by atoms with Crippen LogP contribution in [0.2, 0.25) is 0 Å². The lowest BCUT2D eigenvalue weighted by Crippen LogP contribution is -2.39. The van der Waals surface area contributed by atoms with Crippen LogP contribution in [0.1, 0.15) is 19.8 Å². The molecule has 1 aliphatic rings. The molecule has 0 spiro atoms. The molecule has 2 aromatic carbocycles. The molecule has 2 amide bonds. The molecule has 3 rings (SSSR count). The molecule has 134 valence electrons. The van der Waals surface area contributed by atoms with E-state index in [2.05, 4.69) is 23.5 Å². The fraction of sp³-hybridized carbons (Fsp3) is 0.450. The Morgan fingerprint density at radius 1 is 1.32 bits per heavy atom. The third-order valence-corrected chi connectivity index (χ3v) is 4.78. The molecule has 0 saturated carbocycles. The Balaban J connectivity index is 1.36. The van der Waals surface area contributed by atoms with E-state index in [1.165, 1.54) is 5.39 Å². The second kappa shape index (κ2) is 8.21. The topological polar surface area (TPSA) is 61.8 Å². The summed E-state index contributed by atoms with van der Waals surface area (Å²) in [5.41, 5.74) is 0. The van der Waals surface area contributed by atoms with E-state index in [-0.39, 0.29) is 18.1 Å². The molecule has 2 aromatic rings. The average molecular weight is 342 g/mol. The molecule has 5 nitrogen and oxygen atoms in total. The second-order valence-electron chi connectivity index (χ2n) is 6.68. The molecule has 0 bridgehead atoms. The Hall–Kier alpha value is -2.27. The van der Waals surface area contributed by atoms with Gasteiger partial charge in [0, 0.05) is 25.6 Å². The first-order valence-corrected chi connectivity index (χ1v) is 8.96. The van der Waals surface area contributed by atoms with E-state index in [4.69, 9.17) is 4.74 Å².